The molecule has 25 heavy (non-hydrogen) atoms. The molecular formula is C17H21N3O4S. The zero-order valence-electron chi connectivity index (χ0n) is 14.2. The van der Waals surface area contributed by atoms with E-state index < -0.39 is 11.5 Å². The van der Waals surface area contributed by atoms with Crippen LogP contribution in [0.3, 0.4) is 0 Å². The number of piperidine rings is 1. The van der Waals surface area contributed by atoms with Crippen molar-refractivity contribution in [3.8, 4) is 0 Å². The summed E-state index contributed by atoms with van der Waals surface area (Å²) in [5.41, 5.74) is -0.475. The van der Waals surface area contributed by atoms with E-state index in [1.165, 1.54) is 9.95 Å². The van der Waals surface area contributed by atoms with Crippen molar-refractivity contribution >= 4 is 33.4 Å². The lowest BCUT2D eigenvalue weighted by molar-refractivity contribution is -0.132. The van der Waals surface area contributed by atoms with Crippen LogP contribution in [-0.2, 0) is 17.8 Å². The van der Waals surface area contributed by atoms with Gasteiger partial charge < -0.3 is 10.0 Å². The number of likely N-dealkylation sites (tertiary alicyclic amines) is 1. The Morgan fingerprint density at radius 1 is 1.28 bits per heavy atom. The van der Waals surface area contributed by atoms with E-state index in [9.17, 15) is 19.5 Å². The van der Waals surface area contributed by atoms with Crippen LogP contribution in [0.5, 0.6) is 0 Å². The summed E-state index contributed by atoms with van der Waals surface area (Å²) in [6.45, 7) is 3.33. The molecule has 1 fully saturated rings. The van der Waals surface area contributed by atoms with E-state index >= 15 is 0 Å². The van der Waals surface area contributed by atoms with Crippen molar-refractivity contribution in [3.63, 3.8) is 0 Å². The zero-order valence-corrected chi connectivity index (χ0v) is 15.0. The lowest BCUT2D eigenvalue weighted by Crippen LogP contribution is -2.40. The zero-order chi connectivity index (χ0) is 18.0. The quantitative estimate of drug-likeness (QED) is 0.878. The van der Waals surface area contributed by atoms with Crippen molar-refractivity contribution in [2.75, 3.05) is 13.1 Å². The second-order valence-electron chi connectivity index (χ2n) is 6.25. The van der Waals surface area contributed by atoms with Crippen LogP contribution < -0.4 is 5.56 Å². The van der Waals surface area contributed by atoms with Gasteiger partial charge in [-0.2, -0.15) is 0 Å². The van der Waals surface area contributed by atoms with Gasteiger partial charge >= 0.3 is 5.97 Å². The van der Waals surface area contributed by atoms with Crippen LogP contribution >= 0.6 is 11.3 Å². The van der Waals surface area contributed by atoms with Crippen molar-refractivity contribution in [1.29, 1.82) is 0 Å². The van der Waals surface area contributed by atoms with E-state index in [0.717, 1.165) is 37.0 Å². The molecule has 0 aromatic carbocycles. The fraction of sp³-hybridized carbons (Fsp3) is 0.529. The largest absolute Gasteiger partial charge is 0.478 e. The van der Waals surface area contributed by atoms with Gasteiger partial charge in [0.1, 0.15) is 17.2 Å². The summed E-state index contributed by atoms with van der Waals surface area (Å²) in [5.74, 6) is -0.709. The molecule has 0 aliphatic carbocycles. The Labute approximate surface area is 148 Å². The third-order valence-electron chi connectivity index (χ3n) is 4.48. The molecule has 0 saturated carbocycles. The average molecular weight is 363 g/mol. The number of nitrogens with zero attached hydrogens (tertiary/aromatic N) is 3. The van der Waals surface area contributed by atoms with E-state index in [4.69, 9.17) is 0 Å². The molecule has 1 N–H and O–H groups in total. The summed E-state index contributed by atoms with van der Waals surface area (Å²) < 4.78 is 1.36. The van der Waals surface area contributed by atoms with Crippen molar-refractivity contribution in [3.05, 3.63) is 27.1 Å². The van der Waals surface area contributed by atoms with Crippen molar-refractivity contribution in [2.24, 2.45) is 0 Å². The molecule has 0 spiro atoms. The van der Waals surface area contributed by atoms with Gasteiger partial charge in [-0.05, 0) is 25.7 Å². The van der Waals surface area contributed by atoms with Crippen LogP contribution in [0.15, 0.2) is 10.2 Å². The molecule has 1 aliphatic rings. The van der Waals surface area contributed by atoms with Gasteiger partial charge in [-0.3, -0.25) is 14.2 Å². The fourth-order valence-corrected chi connectivity index (χ4v) is 4.10. The molecular weight excluding hydrogens is 342 g/mol. The topological polar surface area (TPSA) is 92.5 Å². The van der Waals surface area contributed by atoms with Crippen molar-refractivity contribution in [2.45, 2.75) is 45.6 Å². The Morgan fingerprint density at radius 3 is 2.64 bits per heavy atom. The predicted octanol–water partition coefficient (Wildman–Crippen LogP) is 2.12. The number of rotatable bonds is 5. The Bertz CT molecular complexity index is 865. The maximum absolute atomic E-state index is 12.9. The molecule has 0 radical (unpaired) electrons. The number of carbonyl (C=O) groups excluding carboxylic acids is 1. The van der Waals surface area contributed by atoms with E-state index in [2.05, 4.69) is 4.98 Å². The number of aryl methyl sites for hydroxylation is 1. The first kappa shape index (κ1) is 17.6. The summed E-state index contributed by atoms with van der Waals surface area (Å²) in [4.78, 5) is 43.6. The number of amides is 1. The Kier molecular flexibility index (Phi) is 5.17. The van der Waals surface area contributed by atoms with Gasteiger partial charge in [0, 0.05) is 24.9 Å². The van der Waals surface area contributed by atoms with E-state index in [0.29, 0.717) is 30.2 Å². The second kappa shape index (κ2) is 7.35. The third kappa shape index (κ3) is 3.44. The molecule has 1 amide bonds. The van der Waals surface area contributed by atoms with Gasteiger partial charge in [-0.15, -0.1) is 11.3 Å². The highest BCUT2D eigenvalue weighted by atomic mass is 32.1. The van der Waals surface area contributed by atoms with Gasteiger partial charge in [-0.25, -0.2) is 9.78 Å². The van der Waals surface area contributed by atoms with Crippen molar-refractivity contribution < 1.29 is 14.7 Å². The maximum Gasteiger partial charge on any atom is 0.337 e. The number of carboxylic acids is 1. The maximum atomic E-state index is 12.9. The highest BCUT2D eigenvalue weighted by Crippen LogP contribution is 2.22. The molecule has 7 nitrogen and oxygen atoms in total. The Morgan fingerprint density at radius 2 is 2.00 bits per heavy atom. The summed E-state index contributed by atoms with van der Waals surface area (Å²) in [5, 5.41) is 10.8. The lowest BCUT2D eigenvalue weighted by Gasteiger charge is -2.27. The fourth-order valence-electron chi connectivity index (χ4n) is 3.18. The van der Waals surface area contributed by atoms with E-state index in [1.807, 2.05) is 6.92 Å². The molecule has 3 rings (SSSR count). The average Bonchev–Trinajstić information content (AvgIpc) is 3.03. The van der Waals surface area contributed by atoms with Gasteiger partial charge in [0.05, 0.1) is 10.9 Å². The van der Waals surface area contributed by atoms with Crippen LogP contribution in [0.4, 0.5) is 0 Å². The highest BCUT2D eigenvalue weighted by molar-refractivity contribution is 7.17. The monoisotopic (exact) mass is 363 g/mol. The predicted molar refractivity (Wildman–Crippen MR) is 95.3 cm³/mol. The second-order valence-corrected chi connectivity index (χ2v) is 7.10. The Balaban J connectivity index is 2.04. The standard InChI is InChI=1S/C17H21N3O4S/c1-2-6-12-18-15-14(11(10-25-15)17(23)24)16(22)20(12)9-13(21)19-7-4-3-5-8-19/h10H,2-9H2,1H3,(H,23,24). The number of carboxylic acid groups (broad SMARTS) is 1. The van der Waals surface area contributed by atoms with Gasteiger partial charge in [0.25, 0.3) is 5.56 Å². The SMILES string of the molecule is CCCc1nc2scc(C(=O)O)c2c(=O)n1CC(=O)N1CCCCC1. The lowest BCUT2D eigenvalue weighted by atomic mass is 10.1. The van der Waals surface area contributed by atoms with Crippen LogP contribution in [0, 0.1) is 0 Å². The number of aromatic carboxylic acids is 1. The number of hydrogen-bond acceptors (Lipinski definition) is 5. The molecule has 0 unspecified atom stereocenters. The number of fused-ring (bicyclic) bond motifs is 1. The first-order valence-electron chi connectivity index (χ1n) is 8.55. The molecule has 2 aromatic heterocycles. The number of carbonyl (C=O) groups is 2. The third-order valence-corrected chi connectivity index (χ3v) is 5.35. The molecule has 1 aliphatic heterocycles. The number of thiophene rings is 1. The molecule has 0 bridgehead atoms. The molecule has 134 valence electrons. The van der Waals surface area contributed by atoms with Gasteiger partial charge in [-0.1, -0.05) is 6.92 Å². The van der Waals surface area contributed by atoms with Crippen LogP contribution in [-0.4, -0.2) is 44.5 Å². The molecule has 8 heteroatoms. The normalized spacial score (nSPS) is 14.8. The van der Waals surface area contributed by atoms with Crippen LogP contribution in [0.1, 0.15) is 48.8 Å². The van der Waals surface area contributed by atoms with Crippen LogP contribution in [0.2, 0.25) is 0 Å². The minimum Gasteiger partial charge on any atom is -0.478 e. The Hall–Kier alpha value is -2.22. The summed E-state index contributed by atoms with van der Waals surface area (Å²) in [6.07, 6.45) is 4.43. The van der Waals surface area contributed by atoms with Crippen LogP contribution in [0.25, 0.3) is 10.2 Å². The van der Waals surface area contributed by atoms with Crippen molar-refractivity contribution in [1.82, 2.24) is 14.5 Å². The van der Waals surface area contributed by atoms with Gasteiger partial charge in [0.15, 0.2) is 0 Å². The smallest absolute Gasteiger partial charge is 0.337 e. The molecule has 2 aromatic rings. The highest BCUT2D eigenvalue weighted by Gasteiger charge is 2.23. The van der Waals surface area contributed by atoms with E-state index in [1.54, 1.807) is 4.90 Å². The number of aromatic nitrogens is 2. The first-order valence-corrected chi connectivity index (χ1v) is 9.43. The van der Waals surface area contributed by atoms with Gasteiger partial charge in [0.2, 0.25) is 5.91 Å². The minimum absolute atomic E-state index is 0.0419. The molecule has 1 saturated heterocycles. The minimum atomic E-state index is -1.15. The molecule has 0 atom stereocenters. The first-order chi connectivity index (χ1) is 12.0. The summed E-state index contributed by atoms with van der Waals surface area (Å²) in [7, 11) is 0. The summed E-state index contributed by atoms with van der Waals surface area (Å²) >= 11 is 1.15. The summed E-state index contributed by atoms with van der Waals surface area (Å²) in [6, 6.07) is 0. The van der Waals surface area contributed by atoms with E-state index in [-0.39, 0.29) is 23.4 Å². The number of hydrogen-bond donors (Lipinski definition) is 1. The molecule has 3 heterocycles.